The molecule has 238 valence electrons. The predicted octanol–water partition coefficient (Wildman–Crippen LogP) is 4.93. The molecule has 2 unspecified atom stereocenters. The SMILES string of the molecule is O=C([O][Sn]([c]1ccccc1)([c]1ccccc1)[c]1ccccc1)C(Br)C(Br)C(=O)[O][Sn]([c]1ccccc1)([c]1ccccc1)[c]1ccccc1. The Hall–Kier alpha value is -3.18. The van der Waals surface area contributed by atoms with E-state index < -0.39 is 59.2 Å². The van der Waals surface area contributed by atoms with E-state index in [1.54, 1.807) is 0 Å². The molecule has 0 heterocycles. The molecule has 0 radical (unpaired) electrons. The Kier molecular flexibility index (Phi) is 11.6. The van der Waals surface area contributed by atoms with E-state index in [2.05, 4.69) is 31.9 Å². The monoisotopic (exact) mass is 974 g/mol. The van der Waals surface area contributed by atoms with Crippen LogP contribution in [0.3, 0.4) is 0 Å². The quantitative estimate of drug-likeness (QED) is 0.137. The second-order valence-corrected chi connectivity index (χ2v) is 32.0. The van der Waals surface area contributed by atoms with Crippen molar-refractivity contribution in [2.75, 3.05) is 0 Å². The van der Waals surface area contributed by atoms with Crippen LogP contribution in [0.15, 0.2) is 182 Å². The predicted molar refractivity (Wildman–Crippen MR) is 206 cm³/mol. The van der Waals surface area contributed by atoms with Crippen molar-refractivity contribution in [3.63, 3.8) is 0 Å². The summed E-state index contributed by atoms with van der Waals surface area (Å²) in [6.45, 7) is 0. The fourth-order valence-corrected chi connectivity index (χ4v) is 29.2. The molecule has 0 aliphatic rings. The first-order valence-corrected chi connectivity index (χ1v) is 28.3. The minimum absolute atomic E-state index is 0.527. The molecule has 0 aromatic heterocycles. The van der Waals surface area contributed by atoms with E-state index in [0.29, 0.717) is 0 Å². The fourth-order valence-electron chi connectivity index (χ4n) is 6.04. The number of rotatable bonds is 11. The first kappa shape index (κ1) is 34.7. The molecule has 8 heteroatoms. The summed E-state index contributed by atoms with van der Waals surface area (Å²) in [6, 6.07) is 59.9. The molecule has 0 amide bonds. The van der Waals surface area contributed by atoms with E-state index in [1.165, 1.54) is 0 Å². The summed E-state index contributed by atoms with van der Waals surface area (Å²) in [5, 5.41) is 0. The van der Waals surface area contributed by atoms with Gasteiger partial charge in [0, 0.05) is 0 Å². The van der Waals surface area contributed by atoms with Crippen LogP contribution in [0.4, 0.5) is 0 Å². The molecular weight excluding hydrogens is 942 g/mol. The zero-order valence-corrected chi connectivity index (χ0v) is 34.7. The summed E-state index contributed by atoms with van der Waals surface area (Å²) in [4.78, 5) is 26.7. The first-order valence-electron chi connectivity index (χ1n) is 15.5. The van der Waals surface area contributed by atoms with Crippen molar-refractivity contribution in [1.29, 1.82) is 0 Å². The maximum atomic E-state index is 14.4. The van der Waals surface area contributed by atoms with Gasteiger partial charge in [0.1, 0.15) is 0 Å². The molecule has 0 saturated heterocycles. The van der Waals surface area contributed by atoms with Gasteiger partial charge in [0.2, 0.25) is 0 Å². The van der Waals surface area contributed by atoms with Gasteiger partial charge in [0.15, 0.2) is 0 Å². The van der Waals surface area contributed by atoms with Crippen molar-refractivity contribution in [2.24, 2.45) is 0 Å². The van der Waals surface area contributed by atoms with Gasteiger partial charge < -0.3 is 0 Å². The second-order valence-electron chi connectivity index (χ2n) is 11.2. The molecule has 2 atom stereocenters. The summed E-state index contributed by atoms with van der Waals surface area (Å²) in [7, 11) is 0. The van der Waals surface area contributed by atoms with Gasteiger partial charge in [-0.25, -0.2) is 0 Å². The first-order chi connectivity index (χ1) is 23.5. The van der Waals surface area contributed by atoms with E-state index in [1.807, 2.05) is 182 Å². The molecular formula is C40H32Br2O4Sn2. The minimum atomic E-state index is -4.44. The summed E-state index contributed by atoms with van der Waals surface area (Å²) >= 11 is -1.71. The number of carbonyl (C=O) groups excluding carboxylic acids is 2. The molecule has 0 aliphatic heterocycles. The Labute approximate surface area is 307 Å². The van der Waals surface area contributed by atoms with Crippen LogP contribution in [0.25, 0.3) is 0 Å². The molecule has 0 fully saturated rings. The Morgan fingerprint density at radius 1 is 0.354 bits per heavy atom. The number of hydrogen-bond acceptors (Lipinski definition) is 4. The third-order valence-electron chi connectivity index (χ3n) is 8.30. The van der Waals surface area contributed by atoms with Crippen LogP contribution in [0.2, 0.25) is 0 Å². The van der Waals surface area contributed by atoms with Crippen molar-refractivity contribution >= 4 is 103 Å². The standard InChI is InChI=1S/6C6H5.C4H4Br2O4.2Sn/c6*1-2-4-6-5-3-1;5-1(3(7)8)2(6)4(9)10;;/h6*1-5H;1-2H,(H,7,8)(H,9,10);;/q;;;;;;;2*+1/p-2. The van der Waals surface area contributed by atoms with Gasteiger partial charge >= 0.3 is 310 Å². The van der Waals surface area contributed by atoms with Crippen LogP contribution in [-0.4, -0.2) is 59.2 Å². The Bertz CT molecular complexity index is 1600. The van der Waals surface area contributed by atoms with E-state index in [0.717, 1.165) is 21.5 Å². The van der Waals surface area contributed by atoms with Crippen LogP contribution in [0, 0.1) is 0 Å². The molecule has 4 nitrogen and oxygen atoms in total. The summed E-state index contributed by atoms with van der Waals surface area (Å²) in [6.07, 6.45) is 0. The molecule has 6 aromatic rings. The van der Waals surface area contributed by atoms with E-state index in [-0.39, 0.29) is 0 Å². The van der Waals surface area contributed by atoms with E-state index in [9.17, 15) is 9.59 Å². The number of benzene rings is 6. The number of hydrogen-bond donors (Lipinski definition) is 0. The molecule has 0 N–H and O–H groups in total. The molecule has 0 saturated carbocycles. The Morgan fingerprint density at radius 3 is 0.688 bits per heavy atom. The third-order valence-corrected chi connectivity index (χ3v) is 33.3. The zero-order valence-electron chi connectivity index (χ0n) is 25.9. The molecule has 0 bridgehead atoms. The second kappa shape index (κ2) is 16.0. The van der Waals surface area contributed by atoms with Crippen LogP contribution in [0.1, 0.15) is 0 Å². The summed E-state index contributed by atoms with van der Waals surface area (Å²) in [5.41, 5.74) is 0. The van der Waals surface area contributed by atoms with Crippen molar-refractivity contribution in [2.45, 2.75) is 9.65 Å². The van der Waals surface area contributed by atoms with Crippen LogP contribution in [0.5, 0.6) is 0 Å². The third kappa shape index (κ3) is 7.08. The van der Waals surface area contributed by atoms with Gasteiger partial charge in [-0.05, 0) is 0 Å². The normalized spacial score (nSPS) is 12.8. The summed E-state index contributed by atoms with van der Waals surface area (Å²) in [5.74, 6) is -1.05. The average Bonchev–Trinajstić information content (AvgIpc) is 3.17. The molecule has 6 aromatic carbocycles. The fraction of sp³-hybridized carbons (Fsp3) is 0.0500. The van der Waals surface area contributed by atoms with Gasteiger partial charge in [0.05, 0.1) is 0 Å². The van der Waals surface area contributed by atoms with Crippen molar-refractivity contribution in [3.05, 3.63) is 182 Å². The van der Waals surface area contributed by atoms with E-state index in [4.69, 9.17) is 6.15 Å². The van der Waals surface area contributed by atoms with Crippen LogP contribution >= 0.6 is 31.9 Å². The molecule has 0 spiro atoms. The van der Waals surface area contributed by atoms with Crippen LogP contribution < -0.4 is 21.5 Å². The number of alkyl halides is 2. The molecule has 48 heavy (non-hydrogen) atoms. The Morgan fingerprint density at radius 2 is 0.521 bits per heavy atom. The molecule has 0 aliphatic carbocycles. The molecule has 6 rings (SSSR count). The van der Waals surface area contributed by atoms with Crippen molar-refractivity contribution in [1.82, 2.24) is 0 Å². The zero-order chi connectivity index (χ0) is 33.4. The maximum absolute atomic E-state index is 14.4. The average molecular weight is 974 g/mol. The van der Waals surface area contributed by atoms with Gasteiger partial charge in [0.25, 0.3) is 0 Å². The number of halogens is 2. The van der Waals surface area contributed by atoms with Gasteiger partial charge in [-0.1, -0.05) is 0 Å². The van der Waals surface area contributed by atoms with Gasteiger partial charge in [-0.15, -0.1) is 0 Å². The van der Waals surface area contributed by atoms with Gasteiger partial charge in [-0.2, -0.15) is 0 Å². The topological polar surface area (TPSA) is 52.6 Å². The van der Waals surface area contributed by atoms with Gasteiger partial charge in [-0.3, -0.25) is 0 Å². The van der Waals surface area contributed by atoms with E-state index >= 15 is 0 Å². The van der Waals surface area contributed by atoms with Crippen molar-refractivity contribution in [3.8, 4) is 0 Å². The Balaban J connectivity index is 1.39. The van der Waals surface area contributed by atoms with Crippen molar-refractivity contribution < 1.29 is 15.7 Å². The summed E-state index contributed by atoms with van der Waals surface area (Å²) < 4.78 is 19.5. The van der Waals surface area contributed by atoms with Crippen LogP contribution in [-0.2, 0) is 15.7 Å². The number of carbonyl (C=O) groups is 2.